The monoisotopic (exact) mass is 378 g/mol. The number of nitrogens with zero attached hydrogens (tertiary/aromatic N) is 2. The van der Waals surface area contributed by atoms with Crippen molar-refractivity contribution < 1.29 is 12.9 Å². The predicted octanol–water partition coefficient (Wildman–Crippen LogP) is 3.06. The number of nitrogens with one attached hydrogen (secondary N) is 1. The standard InChI is InChI=1S/C20H32N3O2S/c1-6-23(7-2,8-3)16-15-21-26(24,25)20-14-10-11-17-18(20)12-9-13-19(17)22(4)5/h9-14,21H,6-8,15-16H2,1-5H3/q+1. The zero-order valence-corrected chi connectivity index (χ0v) is 17.4. The van der Waals surface area contributed by atoms with E-state index in [0.29, 0.717) is 11.4 Å². The Balaban J connectivity index is 2.31. The van der Waals surface area contributed by atoms with Gasteiger partial charge in [0.25, 0.3) is 0 Å². The Hall–Kier alpha value is -1.63. The maximum Gasteiger partial charge on any atom is 0.241 e. The lowest BCUT2D eigenvalue weighted by molar-refractivity contribution is -0.922. The van der Waals surface area contributed by atoms with Gasteiger partial charge < -0.3 is 9.38 Å². The lowest BCUT2D eigenvalue weighted by atomic mass is 10.1. The van der Waals surface area contributed by atoms with Crippen molar-refractivity contribution in [3.63, 3.8) is 0 Å². The Morgan fingerprint density at radius 2 is 1.50 bits per heavy atom. The van der Waals surface area contributed by atoms with Crippen LogP contribution in [0.4, 0.5) is 5.69 Å². The largest absolute Gasteiger partial charge is 0.377 e. The van der Waals surface area contributed by atoms with E-state index in [0.717, 1.165) is 47.1 Å². The fourth-order valence-corrected chi connectivity index (χ4v) is 4.77. The second-order valence-corrected chi connectivity index (χ2v) is 8.67. The highest BCUT2D eigenvalue weighted by molar-refractivity contribution is 7.89. The molecule has 1 N–H and O–H groups in total. The van der Waals surface area contributed by atoms with Crippen LogP contribution in [0.5, 0.6) is 0 Å². The summed E-state index contributed by atoms with van der Waals surface area (Å²) in [6, 6.07) is 11.3. The second-order valence-electron chi connectivity index (χ2n) is 6.93. The van der Waals surface area contributed by atoms with Crippen molar-refractivity contribution in [2.75, 3.05) is 51.7 Å². The van der Waals surface area contributed by atoms with Crippen LogP contribution in [0.2, 0.25) is 0 Å². The summed E-state index contributed by atoms with van der Waals surface area (Å²) < 4.78 is 29.6. The third-order valence-electron chi connectivity index (χ3n) is 5.52. The van der Waals surface area contributed by atoms with Crippen LogP contribution in [-0.4, -0.2) is 59.7 Å². The Kier molecular flexibility index (Phi) is 6.66. The lowest BCUT2D eigenvalue weighted by Crippen LogP contribution is -2.51. The van der Waals surface area contributed by atoms with Crippen molar-refractivity contribution >= 4 is 26.5 Å². The average molecular weight is 379 g/mol. The summed E-state index contributed by atoms with van der Waals surface area (Å²) in [6.45, 7) is 10.8. The Morgan fingerprint density at radius 1 is 0.923 bits per heavy atom. The molecule has 0 spiro atoms. The first kappa shape index (κ1) is 20.7. The third kappa shape index (κ3) is 4.19. The molecule has 0 fully saturated rings. The lowest BCUT2D eigenvalue weighted by Gasteiger charge is -2.35. The number of fused-ring (bicyclic) bond motifs is 1. The number of hydrogen-bond donors (Lipinski definition) is 1. The summed E-state index contributed by atoms with van der Waals surface area (Å²) in [7, 11) is 0.374. The summed E-state index contributed by atoms with van der Waals surface area (Å²) in [5.41, 5.74) is 1.01. The van der Waals surface area contributed by atoms with E-state index < -0.39 is 10.0 Å². The molecule has 0 amide bonds. The van der Waals surface area contributed by atoms with Crippen molar-refractivity contribution in [1.29, 1.82) is 0 Å². The van der Waals surface area contributed by atoms with Crippen molar-refractivity contribution in [2.45, 2.75) is 25.7 Å². The van der Waals surface area contributed by atoms with E-state index in [2.05, 4.69) is 25.5 Å². The van der Waals surface area contributed by atoms with E-state index >= 15 is 0 Å². The van der Waals surface area contributed by atoms with Gasteiger partial charge >= 0.3 is 0 Å². The molecule has 0 aliphatic carbocycles. The number of anilines is 1. The number of likely N-dealkylation sites (N-methyl/N-ethyl adjacent to an activating group) is 1. The van der Waals surface area contributed by atoms with Crippen LogP contribution in [-0.2, 0) is 10.0 Å². The molecule has 0 aromatic heterocycles. The number of sulfonamides is 1. The van der Waals surface area contributed by atoms with Gasteiger partial charge in [-0.2, -0.15) is 0 Å². The molecule has 0 radical (unpaired) electrons. The molecule has 0 bridgehead atoms. The highest BCUT2D eigenvalue weighted by Gasteiger charge is 2.23. The Morgan fingerprint density at radius 3 is 2.08 bits per heavy atom. The van der Waals surface area contributed by atoms with Crippen molar-refractivity contribution in [2.24, 2.45) is 0 Å². The number of hydrogen-bond acceptors (Lipinski definition) is 3. The van der Waals surface area contributed by atoms with Gasteiger partial charge in [-0.15, -0.1) is 0 Å². The van der Waals surface area contributed by atoms with Gasteiger partial charge in [-0.05, 0) is 32.9 Å². The maximum absolute atomic E-state index is 12.9. The van der Waals surface area contributed by atoms with Crippen LogP contribution in [0.1, 0.15) is 20.8 Å². The minimum Gasteiger partial charge on any atom is -0.377 e. The van der Waals surface area contributed by atoms with Gasteiger partial charge in [0.05, 0.1) is 37.6 Å². The number of quaternary nitrogens is 1. The Bertz CT molecular complexity index is 835. The average Bonchev–Trinajstić information content (AvgIpc) is 2.64. The van der Waals surface area contributed by atoms with E-state index in [1.165, 1.54) is 0 Å². The third-order valence-corrected chi connectivity index (χ3v) is 7.04. The number of rotatable bonds is 9. The maximum atomic E-state index is 12.9. The molecule has 0 atom stereocenters. The first-order valence-electron chi connectivity index (χ1n) is 9.34. The molecule has 0 saturated heterocycles. The highest BCUT2D eigenvalue weighted by atomic mass is 32.2. The molecule has 0 saturated carbocycles. The summed E-state index contributed by atoms with van der Waals surface area (Å²) in [6.07, 6.45) is 0. The first-order chi connectivity index (χ1) is 12.3. The fraction of sp³-hybridized carbons (Fsp3) is 0.500. The molecule has 0 heterocycles. The van der Waals surface area contributed by atoms with E-state index in [-0.39, 0.29) is 0 Å². The molecule has 26 heavy (non-hydrogen) atoms. The van der Waals surface area contributed by atoms with Crippen LogP contribution in [0, 0.1) is 0 Å². The molecular weight excluding hydrogens is 346 g/mol. The van der Waals surface area contributed by atoms with E-state index in [9.17, 15) is 8.42 Å². The van der Waals surface area contributed by atoms with Crippen LogP contribution < -0.4 is 9.62 Å². The quantitative estimate of drug-likeness (QED) is 0.682. The molecule has 5 nitrogen and oxygen atoms in total. The summed E-state index contributed by atoms with van der Waals surface area (Å²) >= 11 is 0. The molecule has 0 unspecified atom stereocenters. The van der Waals surface area contributed by atoms with Gasteiger partial charge in [0.1, 0.15) is 0 Å². The van der Waals surface area contributed by atoms with Crippen LogP contribution in [0.15, 0.2) is 41.3 Å². The number of benzene rings is 2. The van der Waals surface area contributed by atoms with Gasteiger partial charge in [-0.3, -0.25) is 0 Å². The van der Waals surface area contributed by atoms with E-state index in [4.69, 9.17) is 0 Å². The zero-order valence-electron chi connectivity index (χ0n) is 16.6. The SMILES string of the molecule is CC[N+](CC)(CC)CCNS(=O)(=O)c1cccc2c(N(C)C)cccc12. The molecule has 2 aromatic carbocycles. The Labute approximate surface area is 158 Å². The van der Waals surface area contributed by atoms with Gasteiger partial charge in [-0.25, -0.2) is 13.1 Å². The molecule has 0 aliphatic heterocycles. The zero-order chi connectivity index (χ0) is 19.4. The molecular formula is C20H32N3O2S+. The highest BCUT2D eigenvalue weighted by Crippen LogP contribution is 2.30. The summed E-state index contributed by atoms with van der Waals surface area (Å²) in [4.78, 5) is 2.35. The van der Waals surface area contributed by atoms with Crippen molar-refractivity contribution in [3.05, 3.63) is 36.4 Å². The van der Waals surface area contributed by atoms with Crippen molar-refractivity contribution in [1.82, 2.24) is 4.72 Å². The van der Waals surface area contributed by atoms with Crippen molar-refractivity contribution in [3.8, 4) is 0 Å². The van der Waals surface area contributed by atoms with Crippen LogP contribution in [0.3, 0.4) is 0 Å². The van der Waals surface area contributed by atoms with E-state index in [1.54, 1.807) is 6.07 Å². The predicted molar refractivity (Wildman–Crippen MR) is 110 cm³/mol. The minimum absolute atomic E-state index is 0.348. The van der Waals surface area contributed by atoms with Gasteiger partial charge in [-0.1, -0.05) is 24.3 Å². The molecule has 2 aromatic rings. The normalized spacial score (nSPS) is 12.5. The van der Waals surface area contributed by atoms with Gasteiger partial charge in [0.2, 0.25) is 10.0 Å². The van der Waals surface area contributed by atoms with Gasteiger partial charge in [0.15, 0.2) is 0 Å². The molecule has 0 aliphatic rings. The molecule has 2 rings (SSSR count). The molecule has 144 valence electrons. The topological polar surface area (TPSA) is 49.4 Å². The molecule has 6 heteroatoms. The van der Waals surface area contributed by atoms with Crippen LogP contribution in [0.25, 0.3) is 10.8 Å². The second kappa shape index (κ2) is 8.37. The fourth-order valence-electron chi connectivity index (χ4n) is 3.53. The summed E-state index contributed by atoms with van der Waals surface area (Å²) in [5, 5.41) is 1.70. The van der Waals surface area contributed by atoms with E-state index in [1.807, 2.05) is 49.3 Å². The smallest absolute Gasteiger partial charge is 0.241 e. The van der Waals surface area contributed by atoms with Gasteiger partial charge in [0, 0.05) is 30.6 Å². The van der Waals surface area contributed by atoms with Crippen LogP contribution >= 0.6 is 0 Å². The summed E-state index contributed by atoms with van der Waals surface area (Å²) in [5.74, 6) is 0. The minimum atomic E-state index is -3.55. The first-order valence-corrected chi connectivity index (χ1v) is 10.8.